The van der Waals surface area contributed by atoms with Crippen molar-refractivity contribution in [1.82, 2.24) is 5.32 Å². The molecular weight excluding hydrogens is 342 g/mol. The zero-order chi connectivity index (χ0) is 19.3. The number of ether oxygens (including phenoxy) is 1. The number of aryl methyl sites for hydroxylation is 3. The van der Waals surface area contributed by atoms with E-state index in [1.807, 2.05) is 32.9 Å². The first-order valence-electron chi connectivity index (χ1n) is 7.98. The van der Waals surface area contributed by atoms with Crippen molar-refractivity contribution < 1.29 is 23.1 Å². The average Bonchev–Trinajstić information content (AvgIpc) is 2.55. The predicted octanol–water partition coefficient (Wildman–Crippen LogP) is 3.02. The topological polar surface area (TPSA) is 67.4 Å². The molecule has 7 heteroatoms. The molecule has 2 N–H and O–H groups in total. The van der Waals surface area contributed by atoms with Gasteiger partial charge >= 0.3 is 0 Å². The molecule has 138 valence electrons. The Kier molecular flexibility index (Phi) is 6.27. The summed E-state index contributed by atoms with van der Waals surface area (Å²) < 4.78 is 31.2. The predicted molar refractivity (Wildman–Crippen MR) is 94.1 cm³/mol. The van der Waals surface area contributed by atoms with Crippen molar-refractivity contribution in [3.05, 3.63) is 58.7 Å². The maximum Gasteiger partial charge on any atom is 0.258 e. The zero-order valence-electron chi connectivity index (χ0n) is 14.8. The second-order valence-corrected chi connectivity index (χ2v) is 5.96. The van der Waals surface area contributed by atoms with Gasteiger partial charge in [-0.2, -0.15) is 0 Å². The quantitative estimate of drug-likeness (QED) is 0.830. The lowest BCUT2D eigenvalue weighted by molar-refractivity contribution is -0.125. The minimum absolute atomic E-state index is 0.239. The molecule has 2 aromatic carbocycles. The molecule has 0 aliphatic heterocycles. The molecule has 0 saturated heterocycles. The first-order valence-corrected chi connectivity index (χ1v) is 7.98. The fourth-order valence-corrected chi connectivity index (χ4v) is 2.53. The van der Waals surface area contributed by atoms with Gasteiger partial charge in [0.15, 0.2) is 18.2 Å². The number of halogens is 2. The highest BCUT2D eigenvalue weighted by Gasteiger charge is 2.11. The van der Waals surface area contributed by atoms with E-state index in [1.54, 1.807) is 0 Å². The van der Waals surface area contributed by atoms with Crippen molar-refractivity contribution >= 4 is 17.5 Å². The van der Waals surface area contributed by atoms with Gasteiger partial charge in [-0.15, -0.1) is 0 Å². The van der Waals surface area contributed by atoms with Crippen LogP contribution < -0.4 is 15.4 Å². The van der Waals surface area contributed by atoms with E-state index in [-0.39, 0.29) is 18.2 Å². The number of anilines is 1. The van der Waals surface area contributed by atoms with Crippen molar-refractivity contribution in [2.45, 2.75) is 20.8 Å². The second-order valence-electron chi connectivity index (χ2n) is 5.96. The van der Waals surface area contributed by atoms with E-state index >= 15 is 0 Å². The lowest BCUT2D eigenvalue weighted by Gasteiger charge is -2.13. The summed E-state index contributed by atoms with van der Waals surface area (Å²) in [5.41, 5.74) is 3.66. The molecule has 0 unspecified atom stereocenters. The van der Waals surface area contributed by atoms with Crippen LogP contribution in [0.15, 0.2) is 30.3 Å². The van der Waals surface area contributed by atoms with Crippen molar-refractivity contribution in [2.24, 2.45) is 0 Å². The normalized spacial score (nSPS) is 10.3. The number of rotatable bonds is 6. The van der Waals surface area contributed by atoms with E-state index in [2.05, 4.69) is 10.6 Å². The first-order chi connectivity index (χ1) is 12.3. The molecule has 0 aliphatic carbocycles. The molecule has 26 heavy (non-hydrogen) atoms. The van der Waals surface area contributed by atoms with Crippen LogP contribution in [0.2, 0.25) is 0 Å². The van der Waals surface area contributed by atoms with Gasteiger partial charge in [-0.1, -0.05) is 17.7 Å². The van der Waals surface area contributed by atoms with Gasteiger partial charge < -0.3 is 15.4 Å². The lowest BCUT2D eigenvalue weighted by Crippen LogP contribution is -2.36. The number of benzene rings is 2. The summed E-state index contributed by atoms with van der Waals surface area (Å²) in [5.74, 6) is -2.86. The number of hydrogen-bond acceptors (Lipinski definition) is 3. The summed E-state index contributed by atoms with van der Waals surface area (Å²) in [6.45, 7) is 5.01. The Hall–Kier alpha value is -2.96. The molecule has 5 nitrogen and oxygen atoms in total. The van der Waals surface area contributed by atoms with Crippen LogP contribution >= 0.6 is 0 Å². The van der Waals surface area contributed by atoms with Crippen LogP contribution in [0.25, 0.3) is 0 Å². The van der Waals surface area contributed by atoms with Crippen molar-refractivity contribution in [2.75, 3.05) is 18.5 Å². The maximum absolute atomic E-state index is 13.4. The van der Waals surface area contributed by atoms with Gasteiger partial charge in [0.1, 0.15) is 5.82 Å². The van der Waals surface area contributed by atoms with Crippen LogP contribution in [0.5, 0.6) is 5.75 Å². The third kappa shape index (κ3) is 5.27. The number of nitrogens with one attached hydrogen (secondary N) is 2. The van der Waals surface area contributed by atoms with Crippen LogP contribution in [0.3, 0.4) is 0 Å². The highest BCUT2D eigenvalue weighted by molar-refractivity contribution is 5.95. The van der Waals surface area contributed by atoms with Gasteiger partial charge in [0, 0.05) is 11.8 Å². The van der Waals surface area contributed by atoms with E-state index < -0.39 is 24.1 Å². The van der Waals surface area contributed by atoms with E-state index in [9.17, 15) is 18.4 Å². The minimum Gasteiger partial charge on any atom is -0.481 e. The van der Waals surface area contributed by atoms with Crippen LogP contribution in [-0.4, -0.2) is 25.0 Å². The Morgan fingerprint density at radius 3 is 2.27 bits per heavy atom. The number of amides is 2. The van der Waals surface area contributed by atoms with Crippen LogP contribution in [0.4, 0.5) is 14.5 Å². The van der Waals surface area contributed by atoms with E-state index in [0.29, 0.717) is 11.8 Å². The highest BCUT2D eigenvalue weighted by Crippen LogP contribution is 2.21. The molecule has 0 heterocycles. The van der Waals surface area contributed by atoms with Gasteiger partial charge in [-0.3, -0.25) is 9.59 Å². The molecular formula is C19H20F2N2O3. The fourth-order valence-electron chi connectivity index (χ4n) is 2.53. The second kappa shape index (κ2) is 8.42. The van der Waals surface area contributed by atoms with Crippen LogP contribution in [-0.2, 0) is 9.59 Å². The summed E-state index contributed by atoms with van der Waals surface area (Å²) in [6.07, 6.45) is 0. The molecule has 0 spiro atoms. The van der Waals surface area contributed by atoms with Crippen LogP contribution in [0, 0.1) is 32.4 Å². The Bertz CT molecular complexity index is 815. The van der Waals surface area contributed by atoms with Crippen LogP contribution in [0.1, 0.15) is 16.7 Å². The number of carbonyl (C=O) groups excluding carboxylic acids is 2. The standard InChI is InChI=1S/C19H20F2N2O3/c1-11-6-12(2)19(13(3)7-11)23-17(24)9-22-18(25)10-26-16-5-4-14(20)8-15(16)21/h4-8H,9-10H2,1-3H3,(H,22,25)(H,23,24). The molecule has 0 atom stereocenters. The molecule has 0 fully saturated rings. The third-order valence-electron chi connectivity index (χ3n) is 3.64. The smallest absolute Gasteiger partial charge is 0.258 e. The molecule has 0 aromatic heterocycles. The Morgan fingerprint density at radius 2 is 1.65 bits per heavy atom. The molecule has 0 bridgehead atoms. The fraction of sp³-hybridized carbons (Fsp3) is 0.263. The SMILES string of the molecule is Cc1cc(C)c(NC(=O)CNC(=O)COc2ccc(F)cc2F)c(C)c1. The third-order valence-corrected chi connectivity index (χ3v) is 3.64. The lowest BCUT2D eigenvalue weighted by atomic mass is 10.1. The minimum atomic E-state index is -0.902. The summed E-state index contributed by atoms with van der Waals surface area (Å²) >= 11 is 0. The maximum atomic E-state index is 13.4. The molecule has 2 rings (SSSR count). The Balaban J connectivity index is 1.83. The number of hydrogen-bond donors (Lipinski definition) is 2. The van der Waals surface area contributed by atoms with E-state index in [0.717, 1.165) is 28.8 Å². The van der Waals surface area contributed by atoms with Crippen molar-refractivity contribution in [3.63, 3.8) is 0 Å². The average molecular weight is 362 g/mol. The number of carbonyl (C=O) groups is 2. The van der Waals surface area contributed by atoms with Gasteiger partial charge in [0.25, 0.3) is 5.91 Å². The van der Waals surface area contributed by atoms with Gasteiger partial charge in [0.05, 0.1) is 6.54 Å². The first kappa shape index (κ1) is 19.4. The molecule has 0 radical (unpaired) electrons. The summed E-state index contributed by atoms with van der Waals surface area (Å²) in [5, 5.41) is 5.14. The summed E-state index contributed by atoms with van der Waals surface area (Å²) in [4.78, 5) is 23.7. The largest absolute Gasteiger partial charge is 0.481 e. The van der Waals surface area contributed by atoms with E-state index in [1.165, 1.54) is 0 Å². The zero-order valence-corrected chi connectivity index (χ0v) is 14.8. The molecule has 0 aliphatic rings. The van der Waals surface area contributed by atoms with Gasteiger partial charge in [-0.05, 0) is 44.0 Å². The van der Waals surface area contributed by atoms with Crippen molar-refractivity contribution in [1.29, 1.82) is 0 Å². The van der Waals surface area contributed by atoms with Gasteiger partial charge in [0.2, 0.25) is 5.91 Å². The van der Waals surface area contributed by atoms with Crippen molar-refractivity contribution in [3.8, 4) is 5.75 Å². The summed E-state index contributed by atoms with van der Waals surface area (Å²) in [6, 6.07) is 6.68. The Labute approximate surface area is 150 Å². The van der Waals surface area contributed by atoms with E-state index in [4.69, 9.17) is 4.74 Å². The summed E-state index contributed by atoms with van der Waals surface area (Å²) in [7, 11) is 0. The monoisotopic (exact) mass is 362 g/mol. The molecule has 0 saturated carbocycles. The molecule has 2 amide bonds. The van der Waals surface area contributed by atoms with Gasteiger partial charge in [-0.25, -0.2) is 8.78 Å². The Morgan fingerprint density at radius 1 is 1.00 bits per heavy atom. The molecule has 2 aromatic rings. The highest BCUT2D eigenvalue weighted by atomic mass is 19.1.